The highest BCUT2D eigenvalue weighted by atomic mass is 14.0. The van der Waals surface area contributed by atoms with Gasteiger partial charge in [0.2, 0.25) is 0 Å². The van der Waals surface area contributed by atoms with E-state index >= 15 is 0 Å². The molecule has 0 aliphatic rings. The molecule has 0 nitrogen and oxygen atoms in total. The Morgan fingerprint density at radius 2 is 1.03 bits per heavy atom. The van der Waals surface area contributed by atoms with Gasteiger partial charge in [-0.3, -0.25) is 0 Å². The van der Waals surface area contributed by atoms with Crippen molar-refractivity contribution in [2.45, 2.75) is 115 Å². The standard InChI is InChI=1S/C10H14.3C6H12.2CH4/c1-3-9(2)10-7-5-4-6-8-10;1-4-6(3)5-2;2*1-3-5-6-4-2;;/h4-9H,3H2,1-2H3;4,6H,1,5H2,2-3H3;2*5-6H,3-4H2,1-2H3;2*1H4/b;;6-5+;6-5-;;. The summed E-state index contributed by atoms with van der Waals surface area (Å²) >= 11 is 0. The predicted octanol–water partition coefficient (Wildman–Crippen LogP) is 11.4. The third-order valence-corrected chi connectivity index (χ3v) is 4.30. The van der Waals surface area contributed by atoms with Crippen LogP contribution in [-0.2, 0) is 0 Å². The maximum absolute atomic E-state index is 3.63. The lowest BCUT2D eigenvalue weighted by Crippen LogP contribution is -1.88. The van der Waals surface area contributed by atoms with Gasteiger partial charge >= 0.3 is 0 Å². The van der Waals surface area contributed by atoms with Crippen molar-refractivity contribution in [2.75, 3.05) is 0 Å². The Labute approximate surface area is 193 Å². The molecule has 0 spiro atoms. The van der Waals surface area contributed by atoms with Crippen LogP contribution in [0.1, 0.15) is 120 Å². The molecule has 0 heteroatoms. The molecule has 0 saturated heterocycles. The molecular formula is C30H58. The smallest absolute Gasteiger partial charge is 0.0193 e. The van der Waals surface area contributed by atoms with Gasteiger partial charge in [-0.25, -0.2) is 0 Å². The predicted molar refractivity (Wildman–Crippen MR) is 148 cm³/mol. The van der Waals surface area contributed by atoms with Crippen molar-refractivity contribution in [3.05, 3.63) is 72.9 Å². The van der Waals surface area contributed by atoms with Crippen molar-refractivity contribution in [1.82, 2.24) is 0 Å². The summed E-state index contributed by atoms with van der Waals surface area (Å²) in [6.07, 6.45) is 17.8. The average Bonchev–Trinajstić information content (AvgIpc) is 2.76. The van der Waals surface area contributed by atoms with Gasteiger partial charge in [0.05, 0.1) is 0 Å². The minimum Gasteiger partial charge on any atom is -0.103 e. The maximum atomic E-state index is 3.63. The molecule has 0 heterocycles. The second-order valence-corrected chi connectivity index (χ2v) is 6.92. The zero-order valence-corrected chi connectivity index (χ0v) is 20.4. The van der Waals surface area contributed by atoms with E-state index in [-0.39, 0.29) is 14.9 Å². The maximum Gasteiger partial charge on any atom is -0.0193 e. The van der Waals surface area contributed by atoms with E-state index in [1.165, 1.54) is 44.1 Å². The van der Waals surface area contributed by atoms with Crippen LogP contribution in [0.25, 0.3) is 0 Å². The van der Waals surface area contributed by atoms with Gasteiger partial charge in [-0.1, -0.05) is 137 Å². The molecule has 2 atom stereocenters. The van der Waals surface area contributed by atoms with E-state index in [0.29, 0.717) is 11.8 Å². The van der Waals surface area contributed by atoms with Crippen LogP contribution in [0.2, 0.25) is 0 Å². The lowest BCUT2D eigenvalue weighted by atomic mass is 9.99. The molecule has 178 valence electrons. The Kier molecular flexibility index (Phi) is 45.4. The molecule has 0 saturated carbocycles. The van der Waals surface area contributed by atoms with Gasteiger partial charge in [0, 0.05) is 0 Å². The van der Waals surface area contributed by atoms with E-state index in [4.69, 9.17) is 0 Å². The van der Waals surface area contributed by atoms with Gasteiger partial charge in [0.25, 0.3) is 0 Å². The zero-order valence-electron chi connectivity index (χ0n) is 20.4. The van der Waals surface area contributed by atoms with Gasteiger partial charge in [-0.2, -0.15) is 0 Å². The Morgan fingerprint density at radius 1 is 0.667 bits per heavy atom. The Bertz CT molecular complexity index is 412. The van der Waals surface area contributed by atoms with E-state index < -0.39 is 0 Å². The van der Waals surface area contributed by atoms with Crippen molar-refractivity contribution < 1.29 is 0 Å². The molecule has 0 aliphatic heterocycles. The van der Waals surface area contributed by atoms with Gasteiger partial charge in [-0.15, -0.1) is 6.58 Å². The van der Waals surface area contributed by atoms with E-state index in [2.05, 4.69) is 117 Å². The highest BCUT2D eigenvalue weighted by molar-refractivity contribution is 5.18. The fourth-order valence-electron chi connectivity index (χ4n) is 1.85. The van der Waals surface area contributed by atoms with Crippen LogP contribution < -0.4 is 0 Å². The van der Waals surface area contributed by atoms with Crippen LogP contribution >= 0.6 is 0 Å². The first kappa shape index (κ1) is 39.0. The number of allylic oxidation sites excluding steroid dienone is 5. The van der Waals surface area contributed by atoms with Gasteiger partial charge in [0.15, 0.2) is 0 Å². The fourth-order valence-corrected chi connectivity index (χ4v) is 1.85. The van der Waals surface area contributed by atoms with E-state index in [1.54, 1.807) is 0 Å². The van der Waals surface area contributed by atoms with Crippen molar-refractivity contribution in [2.24, 2.45) is 5.92 Å². The summed E-state index contributed by atoms with van der Waals surface area (Å²) in [7, 11) is 0. The first-order valence-corrected chi connectivity index (χ1v) is 11.5. The van der Waals surface area contributed by atoms with Crippen LogP contribution in [0.5, 0.6) is 0 Å². The van der Waals surface area contributed by atoms with Crippen LogP contribution in [0, 0.1) is 5.92 Å². The minimum atomic E-state index is 0. The van der Waals surface area contributed by atoms with E-state index in [1.807, 2.05) is 6.08 Å². The molecule has 0 amide bonds. The second-order valence-electron chi connectivity index (χ2n) is 6.92. The minimum absolute atomic E-state index is 0. The molecule has 30 heavy (non-hydrogen) atoms. The number of hydrogen-bond acceptors (Lipinski definition) is 0. The SMILES string of the molecule is C.C.C=CC(C)CC.CC/C=C/CC.CC/C=C\CC.CCC(C)c1ccccc1. The summed E-state index contributed by atoms with van der Waals surface area (Å²) in [5.41, 5.74) is 1.45. The summed E-state index contributed by atoms with van der Waals surface area (Å²) in [6, 6.07) is 10.6. The Balaban J connectivity index is -0.0000000937. The second kappa shape index (κ2) is 34.9. The van der Waals surface area contributed by atoms with E-state index in [0.717, 1.165) is 0 Å². The molecule has 1 aromatic rings. The molecule has 0 fully saturated rings. The summed E-state index contributed by atoms with van der Waals surface area (Å²) < 4.78 is 0. The van der Waals surface area contributed by atoms with E-state index in [9.17, 15) is 0 Å². The topological polar surface area (TPSA) is 0 Å². The highest BCUT2D eigenvalue weighted by Crippen LogP contribution is 2.16. The van der Waals surface area contributed by atoms with Crippen molar-refractivity contribution in [3.63, 3.8) is 0 Å². The van der Waals surface area contributed by atoms with Gasteiger partial charge in [0.1, 0.15) is 0 Å². The lowest BCUT2D eigenvalue weighted by molar-refractivity contribution is 0.700. The molecule has 0 bridgehead atoms. The van der Waals surface area contributed by atoms with Crippen molar-refractivity contribution in [3.8, 4) is 0 Å². The van der Waals surface area contributed by atoms with Crippen LogP contribution in [0.4, 0.5) is 0 Å². The summed E-state index contributed by atoms with van der Waals surface area (Å²) in [5, 5.41) is 0. The van der Waals surface area contributed by atoms with Gasteiger partial charge in [-0.05, 0) is 49.5 Å². The van der Waals surface area contributed by atoms with Crippen LogP contribution in [-0.4, -0.2) is 0 Å². The normalized spacial score (nSPS) is 11.2. The molecule has 1 rings (SSSR count). The molecule has 1 aromatic carbocycles. The third-order valence-electron chi connectivity index (χ3n) is 4.30. The molecule has 0 aromatic heterocycles. The molecule has 0 radical (unpaired) electrons. The number of benzene rings is 1. The zero-order chi connectivity index (χ0) is 22.0. The third kappa shape index (κ3) is 34.0. The summed E-state index contributed by atoms with van der Waals surface area (Å²) in [4.78, 5) is 0. The highest BCUT2D eigenvalue weighted by Gasteiger charge is 1.98. The monoisotopic (exact) mass is 418 g/mol. The average molecular weight is 419 g/mol. The molecule has 0 aliphatic carbocycles. The summed E-state index contributed by atoms with van der Waals surface area (Å²) in [6.45, 7) is 21.0. The fraction of sp³-hybridized carbons (Fsp3) is 0.600. The largest absolute Gasteiger partial charge is 0.103 e. The number of rotatable bonds is 8. The van der Waals surface area contributed by atoms with Crippen LogP contribution in [0.3, 0.4) is 0 Å². The van der Waals surface area contributed by atoms with Gasteiger partial charge < -0.3 is 0 Å². The molecule has 2 unspecified atom stereocenters. The molecular weight excluding hydrogens is 360 g/mol. The molecule has 0 N–H and O–H groups in total. The Hall–Kier alpha value is -1.56. The summed E-state index contributed by atoms with van der Waals surface area (Å²) in [5.74, 6) is 1.41. The first-order chi connectivity index (χ1) is 13.5. The Morgan fingerprint density at radius 3 is 1.23 bits per heavy atom. The quantitative estimate of drug-likeness (QED) is 0.368. The first-order valence-electron chi connectivity index (χ1n) is 11.5. The van der Waals surface area contributed by atoms with Crippen molar-refractivity contribution in [1.29, 1.82) is 0 Å². The lowest BCUT2D eigenvalue weighted by Gasteiger charge is -2.06. The van der Waals surface area contributed by atoms with Crippen LogP contribution in [0.15, 0.2) is 67.3 Å². The number of hydrogen-bond donors (Lipinski definition) is 0. The van der Waals surface area contributed by atoms with Crippen molar-refractivity contribution >= 4 is 0 Å².